The summed E-state index contributed by atoms with van der Waals surface area (Å²) in [6.45, 7) is 9.01. The van der Waals surface area contributed by atoms with Crippen molar-refractivity contribution >= 4 is 5.97 Å². The molecule has 0 spiro atoms. The van der Waals surface area contributed by atoms with Crippen molar-refractivity contribution in [1.29, 1.82) is 0 Å². The fraction of sp³-hybridized carbons (Fsp3) is 0.611. The summed E-state index contributed by atoms with van der Waals surface area (Å²) in [7, 11) is 3.59. The molecule has 1 fully saturated rings. The Labute approximate surface area is 134 Å². The number of likely N-dealkylation sites (N-methyl/N-ethyl adjacent to an activating group) is 1. The molecule has 0 saturated carbocycles. The maximum Gasteiger partial charge on any atom is 0.337 e. The number of carbonyl (C=O) groups is 1. The van der Waals surface area contributed by atoms with E-state index in [0.29, 0.717) is 11.6 Å². The van der Waals surface area contributed by atoms with Crippen LogP contribution in [0.2, 0.25) is 0 Å². The minimum Gasteiger partial charge on any atom is -0.465 e. The van der Waals surface area contributed by atoms with Gasteiger partial charge in [0.25, 0.3) is 0 Å². The molecule has 0 aromatic heterocycles. The van der Waals surface area contributed by atoms with Crippen LogP contribution in [0.1, 0.15) is 42.2 Å². The van der Waals surface area contributed by atoms with Gasteiger partial charge in [0.2, 0.25) is 0 Å². The van der Waals surface area contributed by atoms with Crippen LogP contribution < -0.4 is 0 Å². The second-order valence-electron chi connectivity index (χ2n) is 6.38. The van der Waals surface area contributed by atoms with E-state index in [-0.39, 0.29) is 5.97 Å². The summed E-state index contributed by atoms with van der Waals surface area (Å²) in [6.07, 6.45) is 1.23. The van der Waals surface area contributed by atoms with Gasteiger partial charge in [-0.05, 0) is 30.7 Å². The third-order valence-corrected chi connectivity index (χ3v) is 4.72. The normalized spacial score (nSPS) is 21.5. The molecule has 1 aliphatic rings. The summed E-state index contributed by atoms with van der Waals surface area (Å²) in [5, 5.41) is 0. The Hall–Kier alpha value is -1.39. The van der Waals surface area contributed by atoms with Gasteiger partial charge in [0.15, 0.2) is 0 Å². The van der Waals surface area contributed by atoms with Crippen LogP contribution in [0, 0.1) is 5.92 Å². The summed E-state index contributed by atoms with van der Waals surface area (Å²) in [5.74, 6) is 0.465. The van der Waals surface area contributed by atoms with Gasteiger partial charge >= 0.3 is 5.97 Å². The minimum atomic E-state index is -0.276. The molecule has 0 aliphatic carbocycles. The van der Waals surface area contributed by atoms with Crippen LogP contribution in [0.25, 0.3) is 0 Å². The molecule has 0 radical (unpaired) electrons. The van der Waals surface area contributed by atoms with Gasteiger partial charge in [-0.25, -0.2) is 4.79 Å². The van der Waals surface area contributed by atoms with Crippen molar-refractivity contribution in [2.24, 2.45) is 5.92 Å². The van der Waals surface area contributed by atoms with Crippen LogP contribution in [0.3, 0.4) is 0 Å². The van der Waals surface area contributed by atoms with Gasteiger partial charge in [0, 0.05) is 32.2 Å². The molecule has 0 bridgehead atoms. The molecule has 2 rings (SSSR count). The Kier molecular flexibility index (Phi) is 5.98. The lowest BCUT2D eigenvalue weighted by Crippen LogP contribution is -2.47. The number of carbonyl (C=O) groups excluding carboxylic acids is 1. The average Bonchev–Trinajstić information content (AvgIpc) is 2.56. The number of methoxy groups -OCH3 is 1. The number of hydrogen-bond donors (Lipinski definition) is 0. The quantitative estimate of drug-likeness (QED) is 0.783. The molecular formula is C18H28N2O2. The highest BCUT2D eigenvalue weighted by Gasteiger charge is 2.26. The van der Waals surface area contributed by atoms with E-state index in [0.717, 1.165) is 25.6 Å². The number of nitrogens with zero attached hydrogens (tertiary/aromatic N) is 2. The predicted molar refractivity (Wildman–Crippen MR) is 89.0 cm³/mol. The molecule has 0 N–H and O–H groups in total. The molecule has 1 saturated heterocycles. The van der Waals surface area contributed by atoms with E-state index in [1.54, 1.807) is 0 Å². The molecular weight excluding hydrogens is 276 g/mol. The van der Waals surface area contributed by atoms with Crippen molar-refractivity contribution < 1.29 is 9.53 Å². The number of benzene rings is 1. The van der Waals surface area contributed by atoms with Gasteiger partial charge in [-0.1, -0.05) is 32.4 Å². The van der Waals surface area contributed by atoms with Crippen LogP contribution in [0.4, 0.5) is 0 Å². The topological polar surface area (TPSA) is 32.8 Å². The highest BCUT2D eigenvalue weighted by atomic mass is 16.5. The zero-order valence-corrected chi connectivity index (χ0v) is 14.2. The van der Waals surface area contributed by atoms with Gasteiger partial charge in [0.1, 0.15) is 0 Å². The van der Waals surface area contributed by atoms with Crippen LogP contribution >= 0.6 is 0 Å². The van der Waals surface area contributed by atoms with E-state index in [9.17, 15) is 4.79 Å². The molecule has 0 amide bonds. The lowest BCUT2D eigenvalue weighted by molar-refractivity contribution is 0.0600. The maximum absolute atomic E-state index is 11.5. The third kappa shape index (κ3) is 4.08. The first-order valence-corrected chi connectivity index (χ1v) is 8.16. The van der Waals surface area contributed by atoms with Crippen LogP contribution in [0.15, 0.2) is 24.3 Å². The molecule has 4 nitrogen and oxygen atoms in total. The highest BCUT2D eigenvalue weighted by Crippen LogP contribution is 2.25. The fourth-order valence-electron chi connectivity index (χ4n) is 2.99. The standard InChI is InChI=1S/C18H28N2O2/c1-5-14(2)12-20-11-10-19(3)17(13-20)15-6-8-16(9-7-15)18(21)22-4/h6-9,14,17H,5,10-13H2,1-4H3. The van der Waals surface area contributed by atoms with Gasteiger partial charge in [0.05, 0.1) is 12.7 Å². The number of piperazine rings is 1. The summed E-state index contributed by atoms with van der Waals surface area (Å²) in [5.41, 5.74) is 1.88. The Morgan fingerprint density at radius 2 is 2.00 bits per heavy atom. The predicted octanol–water partition coefficient (Wildman–Crippen LogP) is 2.81. The molecule has 1 aromatic carbocycles. The van der Waals surface area contributed by atoms with Crippen LogP contribution in [-0.2, 0) is 4.74 Å². The first kappa shape index (κ1) is 17.0. The lowest BCUT2D eigenvalue weighted by Gasteiger charge is -2.40. The molecule has 22 heavy (non-hydrogen) atoms. The molecule has 1 heterocycles. The molecule has 2 atom stereocenters. The Morgan fingerprint density at radius 1 is 1.32 bits per heavy atom. The van der Waals surface area contributed by atoms with E-state index >= 15 is 0 Å². The van der Waals surface area contributed by atoms with E-state index in [1.807, 2.05) is 12.1 Å². The minimum absolute atomic E-state index is 0.276. The highest BCUT2D eigenvalue weighted by molar-refractivity contribution is 5.89. The largest absolute Gasteiger partial charge is 0.465 e. The number of hydrogen-bond acceptors (Lipinski definition) is 4. The Morgan fingerprint density at radius 3 is 2.59 bits per heavy atom. The van der Waals surface area contributed by atoms with Crippen LogP contribution in [-0.4, -0.2) is 56.1 Å². The summed E-state index contributed by atoms with van der Waals surface area (Å²) in [6, 6.07) is 8.23. The second kappa shape index (κ2) is 7.75. The lowest BCUT2D eigenvalue weighted by atomic mass is 10.00. The molecule has 4 heteroatoms. The third-order valence-electron chi connectivity index (χ3n) is 4.72. The van der Waals surface area contributed by atoms with Gasteiger partial charge in [-0.15, -0.1) is 0 Å². The number of ether oxygens (including phenoxy) is 1. The van der Waals surface area contributed by atoms with Gasteiger partial charge in [-0.2, -0.15) is 0 Å². The Balaban J connectivity index is 2.06. The monoisotopic (exact) mass is 304 g/mol. The SMILES string of the molecule is CCC(C)CN1CCN(C)C(c2ccc(C(=O)OC)cc2)C1. The summed E-state index contributed by atoms with van der Waals surface area (Å²) < 4.78 is 4.76. The zero-order chi connectivity index (χ0) is 16.1. The van der Waals surface area contributed by atoms with Crippen molar-refractivity contribution in [2.45, 2.75) is 26.3 Å². The van der Waals surface area contributed by atoms with Gasteiger partial charge in [-0.3, -0.25) is 9.80 Å². The van der Waals surface area contributed by atoms with Crippen molar-refractivity contribution in [1.82, 2.24) is 9.80 Å². The van der Waals surface area contributed by atoms with E-state index in [4.69, 9.17) is 4.74 Å². The molecule has 1 aliphatic heterocycles. The van der Waals surface area contributed by atoms with Crippen molar-refractivity contribution in [2.75, 3.05) is 40.3 Å². The molecule has 1 aromatic rings. The maximum atomic E-state index is 11.5. The number of esters is 1. The van der Waals surface area contributed by atoms with Crippen LogP contribution in [0.5, 0.6) is 0 Å². The van der Waals surface area contributed by atoms with Crippen molar-refractivity contribution in [3.63, 3.8) is 0 Å². The fourth-order valence-corrected chi connectivity index (χ4v) is 2.99. The van der Waals surface area contributed by atoms with Gasteiger partial charge < -0.3 is 4.74 Å². The summed E-state index contributed by atoms with van der Waals surface area (Å²) >= 11 is 0. The smallest absolute Gasteiger partial charge is 0.337 e. The molecule has 2 unspecified atom stereocenters. The first-order valence-electron chi connectivity index (χ1n) is 8.16. The van der Waals surface area contributed by atoms with E-state index in [2.05, 4.69) is 42.8 Å². The second-order valence-corrected chi connectivity index (χ2v) is 6.38. The molecule has 122 valence electrons. The van der Waals surface area contributed by atoms with E-state index in [1.165, 1.54) is 25.6 Å². The Bertz CT molecular complexity index is 486. The summed E-state index contributed by atoms with van der Waals surface area (Å²) in [4.78, 5) is 16.5. The zero-order valence-electron chi connectivity index (χ0n) is 14.2. The van der Waals surface area contributed by atoms with Crippen molar-refractivity contribution in [3.8, 4) is 0 Å². The first-order chi connectivity index (χ1) is 10.5. The average molecular weight is 304 g/mol. The van der Waals surface area contributed by atoms with E-state index < -0.39 is 0 Å². The number of rotatable bonds is 5. The van der Waals surface area contributed by atoms with Crippen molar-refractivity contribution in [3.05, 3.63) is 35.4 Å².